The molecule has 1 N–H and O–H groups in total. The number of likely N-dealkylation sites (tertiary alicyclic amines) is 1. The van der Waals surface area contributed by atoms with Crippen molar-refractivity contribution < 1.29 is 24.2 Å². The lowest BCUT2D eigenvalue weighted by Crippen LogP contribution is -2.55. The Balaban J connectivity index is 1.84. The van der Waals surface area contributed by atoms with Gasteiger partial charge in [0.25, 0.3) is 0 Å². The van der Waals surface area contributed by atoms with Crippen molar-refractivity contribution in [3.05, 3.63) is 48.6 Å². The van der Waals surface area contributed by atoms with E-state index in [1.807, 2.05) is 37.3 Å². The van der Waals surface area contributed by atoms with Gasteiger partial charge in [-0.3, -0.25) is 14.4 Å². The predicted octanol–water partition coefficient (Wildman–Crippen LogP) is 3.58. The molecule has 6 atom stereocenters. The van der Waals surface area contributed by atoms with Gasteiger partial charge >= 0.3 is 5.97 Å². The minimum atomic E-state index is -0.782. The van der Waals surface area contributed by atoms with Crippen molar-refractivity contribution in [3.8, 4) is 0 Å². The van der Waals surface area contributed by atoms with Gasteiger partial charge in [-0.15, -0.1) is 18.3 Å². The van der Waals surface area contributed by atoms with Crippen molar-refractivity contribution in [2.24, 2.45) is 11.8 Å². The summed E-state index contributed by atoms with van der Waals surface area (Å²) in [6, 6.07) is 7.88. The van der Waals surface area contributed by atoms with Crippen molar-refractivity contribution in [2.45, 2.75) is 68.0 Å². The Morgan fingerprint density at radius 1 is 1.31 bits per heavy atom. The lowest BCUT2D eigenvalue weighted by Gasteiger charge is -2.39. The summed E-state index contributed by atoms with van der Waals surface area (Å²) in [6.45, 7) is 10.6. The largest absolute Gasteiger partial charge is 0.466 e. The first-order valence-electron chi connectivity index (χ1n) is 13.0. The quantitative estimate of drug-likeness (QED) is 0.359. The third-order valence-electron chi connectivity index (χ3n) is 8.12. The van der Waals surface area contributed by atoms with Gasteiger partial charge in [-0.2, -0.15) is 0 Å². The highest BCUT2D eigenvalue weighted by molar-refractivity contribution is 8.02. The van der Waals surface area contributed by atoms with Crippen LogP contribution in [0.3, 0.4) is 0 Å². The maximum absolute atomic E-state index is 14.4. The molecule has 2 amide bonds. The SMILES string of the molecule is C=CCN(CCCC)C(=O)C1N([C@H](CO)c2ccccc2)C(=O)[C@@H]2[C@@H](C(=O)OCC)[C@@]3(C)CCC12S3. The number of aliphatic hydroxyl groups is 1. The summed E-state index contributed by atoms with van der Waals surface area (Å²) in [7, 11) is 0. The van der Waals surface area contributed by atoms with Crippen LogP contribution < -0.4 is 0 Å². The van der Waals surface area contributed by atoms with Gasteiger partial charge in [0.1, 0.15) is 6.04 Å². The minimum absolute atomic E-state index is 0.130. The molecule has 3 aliphatic rings. The molecule has 7 nitrogen and oxygen atoms in total. The molecule has 2 bridgehead atoms. The van der Waals surface area contributed by atoms with E-state index < -0.39 is 33.4 Å². The van der Waals surface area contributed by atoms with Gasteiger partial charge in [0, 0.05) is 17.8 Å². The van der Waals surface area contributed by atoms with Gasteiger partial charge < -0.3 is 19.6 Å². The number of fused-ring (bicyclic) bond motifs is 1. The van der Waals surface area contributed by atoms with E-state index in [-0.39, 0.29) is 31.0 Å². The molecular weight excluding hydrogens is 476 g/mol. The number of hydrogen-bond donors (Lipinski definition) is 1. The highest BCUT2D eigenvalue weighted by atomic mass is 32.2. The fraction of sp³-hybridized carbons (Fsp3) is 0.607. The van der Waals surface area contributed by atoms with Crippen LogP contribution in [0, 0.1) is 11.8 Å². The van der Waals surface area contributed by atoms with E-state index in [4.69, 9.17) is 4.74 Å². The summed E-state index contributed by atoms with van der Waals surface area (Å²) in [5, 5.41) is 10.5. The van der Waals surface area contributed by atoms with Crippen LogP contribution in [-0.2, 0) is 19.1 Å². The molecule has 3 fully saturated rings. The molecule has 4 rings (SSSR count). The van der Waals surface area contributed by atoms with Gasteiger partial charge in [-0.25, -0.2) is 0 Å². The average Bonchev–Trinajstić information content (AvgIpc) is 3.44. The van der Waals surface area contributed by atoms with E-state index in [1.165, 1.54) is 0 Å². The van der Waals surface area contributed by atoms with E-state index in [2.05, 4.69) is 13.5 Å². The molecule has 2 unspecified atom stereocenters. The number of amides is 2. The van der Waals surface area contributed by atoms with Crippen LogP contribution >= 0.6 is 11.8 Å². The molecule has 8 heteroatoms. The number of carbonyl (C=O) groups excluding carboxylic acids is 3. The molecule has 3 aliphatic heterocycles. The van der Waals surface area contributed by atoms with E-state index in [1.54, 1.807) is 34.6 Å². The summed E-state index contributed by atoms with van der Waals surface area (Å²) in [5.74, 6) is -2.02. The number of unbranched alkanes of at least 4 members (excludes halogenated alkanes) is 1. The number of aliphatic hydroxyl groups excluding tert-OH is 1. The molecule has 3 saturated heterocycles. The van der Waals surface area contributed by atoms with Crippen LogP contribution in [-0.4, -0.2) is 74.5 Å². The van der Waals surface area contributed by atoms with Gasteiger partial charge in [0.2, 0.25) is 11.8 Å². The number of nitrogens with zero attached hydrogens (tertiary/aromatic N) is 2. The molecule has 0 aromatic heterocycles. The topological polar surface area (TPSA) is 87.2 Å². The van der Waals surface area contributed by atoms with Crippen LogP contribution in [0.15, 0.2) is 43.0 Å². The Kier molecular flexibility index (Phi) is 7.86. The zero-order valence-corrected chi connectivity index (χ0v) is 22.3. The third kappa shape index (κ3) is 4.16. The van der Waals surface area contributed by atoms with Gasteiger partial charge in [-0.05, 0) is 38.7 Å². The van der Waals surface area contributed by atoms with Crippen molar-refractivity contribution in [1.29, 1.82) is 0 Å². The van der Waals surface area contributed by atoms with Crippen LogP contribution in [0.5, 0.6) is 0 Å². The lowest BCUT2D eigenvalue weighted by atomic mass is 9.66. The third-order valence-corrected chi connectivity index (χ3v) is 10.1. The van der Waals surface area contributed by atoms with Crippen LogP contribution in [0.2, 0.25) is 0 Å². The molecule has 36 heavy (non-hydrogen) atoms. The first-order valence-corrected chi connectivity index (χ1v) is 13.9. The number of carbonyl (C=O) groups is 3. The fourth-order valence-corrected chi connectivity index (χ4v) is 8.89. The molecule has 196 valence electrons. The molecule has 0 saturated carbocycles. The predicted molar refractivity (Wildman–Crippen MR) is 140 cm³/mol. The van der Waals surface area contributed by atoms with E-state index in [0.717, 1.165) is 24.8 Å². The molecule has 0 radical (unpaired) electrons. The van der Waals surface area contributed by atoms with Crippen molar-refractivity contribution in [2.75, 3.05) is 26.3 Å². The maximum atomic E-state index is 14.4. The van der Waals surface area contributed by atoms with Crippen molar-refractivity contribution in [3.63, 3.8) is 0 Å². The smallest absolute Gasteiger partial charge is 0.311 e. The zero-order valence-electron chi connectivity index (χ0n) is 21.5. The standard InChI is InChI=1S/C28H38N2O5S/c1-5-8-17-29(16-6-2)25(33)23-28-15-14-27(4,36-28)22(26(34)35-7-3)21(28)24(32)30(23)20(18-31)19-12-10-9-11-13-19/h6,9-13,20-23,31H,2,5,7-8,14-18H2,1,3-4H3/t20-,21+,22+,23?,27-,28?/m1/s1. The number of thioether (sulfide) groups is 1. The normalized spacial score (nSPS) is 31.3. The Morgan fingerprint density at radius 2 is 2.03 bits per heavy atom. The first-order chi connectivity index (χ1) is 17.3. The van der Waals surface area contributed by atoms with Crippen LogP contribution in [0.1, 0.15) is 58.1 Å². The van der Waals surface area contributed by atoms with Gasteiger partial charge in [0.05, 0.1) is 35.8 Å². The molecule has 1 aromatic rings. The number of benzene rings is 1. The fourth-order valence-electron chi connectivity index (χ4n) is 6.57. The number of rotatable bonds is 11. The Hall–Kier alpha value is -2.32. The maximum Gasteiger partial charge on any atom is 0.311 e. The van der Waals surface area contributed by atoms with Crippen molar-refractivity contribution >= 4 is 29.5 Å². The molecule has 0 aliphatic carbocycles. The van der Waals surface area contributed by atoms with E-state index >= 15 is 0 Å². The van der Waals surface area contributed by atoms with Crippen LogP contribution in [0.25, 0.3) is 0 Å². The highest BCUT2D eigenvalue weighted by Crippen LogP contribution is 2.72. The summed E-state index contributed by atoms with van der Waals surface area (Å²) in [4.78, 5) is 45.3. The molecule has 1 spiro atoms. The number of ether oxygens (including phenoxy) is 1. The summed E-state index contributed by atoms with van der Waals surface area (Å²) in [6.07, 6.45) is 4.88. The summed E-state index contributed by atoms with van der Waals surface area (Å²) < 4.78 is 4.25. The van der Waals surface area contributed by atoms with E-state index in [0.29, 0.717) is 19.5 Å². The minimum Gasteiger partial charge on any atom is -0.466 e. The van der Waals surface area contributed by atoms with Gasteiger partial charge in [0.15, 0.2) is 0 Å². The highest BCUT2D eigenvalue weighted by Gasteiger charge is 2.78. The molecule has 1 aromatic carbocycles. The molecular formula is C28H38N2O5S. The second kappa shape index (κ2) is 10.6. The average molecular weight is 515 g/mol. The number of esters is 1. The van der Waals surface area contributed by atoms with Crippen LogP contribution in [0.4, 0.5) is 0 Å². The Bertz CT molecular complexity index is 1000. The summed E-state index contributed by atoms with van der Waals surface area (Å²) >= 11 is 1.62. The Morgan fingerprint density at radius 3 is 2.64 bits per heavy atom. The monoisotopic (exact) mass is 514 g/mol. The van der Waals surface area contributed by atoms with E-state index in [9.17, 15) is 19.5 Å². The molecule has 3 heterocycles. The summed E-state index contributed by atoms with van der Waals surface area (Å²) in [5.41, 5.74) is 0.768. The van der Waals surface area contributed by atoms with Crippen molar-refractivity contribution in [1.82, 2.24) is 9.80 Å². The lowest BCUT2D eigenvalue weighted by molar-refractivity contribution is -0.155. The second-order valence-corrected chi connectivity index (χ2v) is 12.2. The van der Waals surface area contributed by atoms with Gasteiger partial charge in [-0.1, -0.05) is 49.8 Å². The Labute approximate surface area is 218 Å². The zero-order chi connectivity index (χ0) is 26.1. The number of hydrogen-bond acceptors (Lipinski definition) is 6. The first kappa shape index (κ1) is 26.7. The second-order valence-electron chi connectivity index (χ2n) is 10.3.